The average molecular weight is 233 g/mol. The smallest absolute Gasteiger partial charge is 0.798 e. The van der Waals surface area contributed by atoms with Gasteiger partial charge in [-0.15, -0.1) is 0 Å². The molecule has 3 nitrogen and oxygen atoms in total. The Morgan fingerprint density at radius 3 is 2.20 bits per heavy atom. The number of hydrogen-bond acceptors (Lipinski definition) is 3. The van der Waals surface area contributed by atoms with Gasteiger partial charge in [0, 0.05) is 19.3 Å². The molecule has 1 aromatic carbocycles. The largest absolute Gasteiger partial charge is 1.00 e. The van der Waals surface area contributed by atoms with Crippen LogP contribution in [-0.4, -0.2) is 11.9 Å². The SMILES string of the molecule is NCP(=O)([O-])C1Cc2ccccc2C1.[Na+]. The average Bonchev–Trinajstić information content (AvgIpc) is 2.61. The molecule has 1 aliphatic rings. The molecule has 0 saturated carbocycles. The van der Waals surface area contributed by atoms with Gasteiger partial charge in [0.1, 0.15) is 0 Å². The fraction of sp³-hybridized carbons (Fsp3) is 0.400. The summed E-state index contributed by atoms with van der Waals surface area (Å²) in [5, 5.41) is 0. The minimum absolute atomic E-state index is 0. The summed E-state index contributed by atoms with van der Waals surface area (Å²) in [7, 11) is -3.38. The topological polar surface area (TPSA) is 66.2 Å². The van der Waals surface area contributed by atoms with E-state index in [0.717, 1.165) is 11.1 Å². The van der Waals surface area contributed by atoms with Gasteiger partial charge in [0.15, 0.2) is 0 Å². The molecule has 0 amide bonds. The molecule has 15 heavy (non-hydrogen) atoms. The van der Waals surface area contributed by atoms with Crippen LogP contribution in [0.25, 0.3) is 0 Å². The van der Waals surface area contributed by atoms with Crippen LogP contribution in [-0.2, 0) is 17.4 Å². The molecule has 2 rings (SSSR count). The van der Waals surface area contributed by atoms with Gasteiger partial charge in [-0.2, -0.15) is 0 Å². The maximum absolute atomic E-state index is 11.6. The molecule has 0 aromatic heterocycles. The molecule has 1 unspecified atom stereocenters. The summed E-state index contributed by atoms with van der Waals surface area (Å²) in [5.41, 5.74) is 7.28. The molecule has 0 aliphatic heterocycles. The molecule has 0 saturated heterocycles. The van der Waals surface area contributed by atoms with Crippen LogP contribution >= 0.6 is 7.37 Å². The minimum atomic E-state index is -3.38. The Balaban J connectivity index is 0.00000112. The van der Waals surface area contributed by atoms with Crippen LogP contribution in [0.15, 0.2) is 24.3 Å². The second-order valence-electron chi connectivity index (χ2n) is 3.74. The van der Waals surface area contributed by atoms with E-state index in [1.807, 2.05) is 24.3 Å². The van der Waals surface area contributed by atoms with Crippen LogP contribution in [0.3, 0.4) is 0 Å². The van der Waals surface area contributed by atoms with Crippen LogP contribution in [0.5, 0.6) is 0 Å². The Morgan fingerprint density at radius 1 is 1.33 bits per heavy atom. The molecule has 0 heterocycles. The van der Waals surface area contributed by atoms with Gasteiger partial charge < -0.3 is 15.2 Å². The number of fused-ring (bicyclic) bond motifs is 1. The Hall–Kier alpha value is 0.370. The van der Waals surface area contributed by atoms with E-state index < -0.39 is 7.37 Å². The van der Waals surface area contributed by atoms with Crippen LogP contribution in [0.2, 0.25) is 0 Å². The van der Waals surface area contributed by atoms with E-state index in [1.165, 1.54) is 0 Å². The first-order chi connectivity index (χ1) is 6.63. The van der Waals surface area contributed by atoms with Gasteiger partial charge in [-0.1, -0.05) is 24.3 Å². The second kappa shape index (κ2) is 5.13. The van der Waals surface area contributed by atoms with E-state index in [2.05, 4.69) is 0 Å². The van der Waals surface area contributed by atoms with E-state index >= 15 is 0 Å². The Labute approximate surface area is 112 Å². The van der Waals surface area contributed by atoms with E-state index in [-0.39, 0.29) is 41.5 Å². The van der Waals surface area contributed by atoms with Crippen LogP contribution in [0, 0.1) is 0 Å². The first-order valence-corrected chi connectivity index (χ1v) is 6.58. The van der Waals surface area contributed by atoms with Crippen molar-refractivity contribution in [3.63, 3.8) is 0 Å². The summed E-state index contributed by atoms with van der Waals surface area (Å²) in [6, 6.07) is 7.87. The van der Waals surface area contributed by atoms with Crippen molar-refractivity contribution in [1.82, 2.24) is 0 Å². The van der Waals surface area contributed by atoms with Gasteiger partial charge in [-0.05, 0) is 24.0 Å². The van der Waals surface area contributed by atoms with Gasteiger partial charge in [-0.25, -0.2) is 0 Å². The summed E-state index contributed by atoms with van der Waals surface area (Å²) in [6.07, 6.45) is 1.05. The van der Waals surface area contributed by atoms with Crippen LogP contribution in [0.1, 0.15) is 11.1 Å². The molecule has 1 aliphatic carbocycles. The summed E-state index contributed by atoms with van der Waals surface area (Å²) in [5.74, 6) is 0. The Morgan fingerprint density at radius 2 is 1.80 bits per heavy atom. The molecular weight excluding hydrogens is 220 g/mol. The van der Waals surface area contributed by atoms with Crippen molar-refractivity contribution in [2.45, 2.75) is 18.5 Å². The number of rotatable bonds is 2. The molecule has 2 N–H and O–H groups in total. The molecule has 76 valence electrons. The van der Waals surface area contributed by atoms with Crippen molar-refractivity contribution in [2.75, 3.05) is 6.29 Å². The molecule has 0 bridgehead atoms. The van der Waals surface area contributed by atoms with E-state index in [1.54, 1.807) is 0 Å². The fourth-order valence-corrected chi connectivity index (χ4v) is 3.21. The maximum Gasteiger partial charge on any atom is 1.00 e. The van der Waals surface area contributed by atoms with Gasteiger partial charge in [0.25, 0.3) is 0 Å². The number of benzene rings is 1. The minimum Gasteiger partial charge on any atom is -0.798 e. The zero-order valence-corrected chi connectivity index (χ0v) is 11.7. The molecule has 0 fully saturated rings. The Bertz CT molecular complexity index is 372. The summed E-state index contributed by atoms with van der Waals surface area (Å²) < 4.78 is 11.6. The molecule has 0 spiro atoms. The van der Waals surface area contributed by atoms with Crippen molar-refractivity contribution in [3.8, 4) is 0 Å². The van der Waals surface area contributed by atoms with Crippen molar-refractivity contribution in [3.05, 3.63) is 35.4 Å². The maximum atomic E-state index is 11.6. The third-order valence-corrected chi connectivity index (χ3v) is 4.83. The zero-order valence-electron chi connectivity index (χ0n) is 8.85. The molecule has 0 radical (unpaired) electrons. The molecule has 5 heteroatoms. The fourth-order valence-electron chi connectivity index (χ4n) is 1.96. The first-order valence-electron chi connectivity index (χ1n) is 4.70. The Kier molecular flexibility index (Phi) is 4.60. The number of hydrogen-bond donors (Lipinski definition) is 1. The third-order valence-electron chi connectivity index (χ3n) is 2.84. The third kappa shape index (κ3) is 2.73. The van der Waals surface area contributed by atoms with E-state index in [4.69, 9.17) is 5.73 Å². The van der Waals surface area contributed by atoms with Gasteiger partial charge in [-0.3, -0.25) is 0 Å². The predicted molar refractivity (Wildman–Crippen MR) is 54.3 cm³/mol. The van der Waals surface area contributed by atoms with Crippen LogP contribution < -0.4 is 40.2 Å². The van der Waals surface area contributed by atoms with Crippen LogP contribution in [0.4, 0.5) is 0 Å². The molecule has 1 atom stereocenters. The standard InChI is InChI=1S/C10H14NO2P.Na/c11-7-14(12,13)10-5-8-3-1-2-4-9(8)6-10;/h1-4,10H,5-7,11H2,(H,12,13);/q;+1/p-1. The monoisotopic (exact) mass is 233 g/mol. The normalized spacial score (nSPS) is 19.1. The van der Waals surface area contributed by atoms with Crippen molar-refractivity contribution < 1.29 is 39.0 Å². The molecular formula is C10H13NNaO2P. The zero-order chi connectivity index (χ0) is 10.2. The molecule has 1 aromatic rings. The summed E-state index contributed by atoms with van der Waals surface area (Å²) in [4.78, 5) is 11.6. The summed E-state index contributed by atoms with van der Waals surface area (Å²) >= 11 is 0. The number of nitrogens with two attached hydrogens (primary N) is 1. The van der Waals surface area contributed by atoms with E-state index in [9.17, 15) is 9.46 Å². The predicted octanol–water partition coefficient (Wildman–Crippen LogP) is -2.29. The van der Waals surface area contributed by atoms with Crippen molar-refractivity contribution >= 4 is 7.37 Å². The van der Waals surface area contributed by atoms with Crippen molar-refractivity contribution in [2.24, 2.45) is 5.73 Å². The van der Waals surface area contributed by atoms with Gasteiger partial charge >= 0.3 is 29.6 Å². The summed E-state index contributed by atoms with van der Waals surface area (Å²) in [6.45, 7) is 0. The quantitative estimate of drug-likeness (QED) is 0.462. The van der Waals surface area contributed by atoms with Gasteiger partial charge in [0.05, 0.1) is 0 Å². The van der Waals surface area contributed by atoms with Gasteiger partial charge in [0.2, 0.25) is 0 Å². The first kappa shape index (κ1) is 13.4. The van der Waals surface area contributed by atoms with E-state index in [0.29, 0.717) is 12.8 Å². The second-order valence-corrected chi connectivity index (χ2v) is 6.29. The van der Waals surface area contributed by atoms with Crippen molar-refractivity contribution in [1.29, 1.82) is 0 Å².